The topological polar surface area (TPSA) is 95.5 Å². The van der Waals surface area contributed by atoms with Gasteiger partial charge in [-0.15, -0.1) is 0 Å². The van der Waals surface area contributed by atoms with Crippen LogP contribution in [0.15, 0.2) is 0 Å². The molecule has 7 heteroatoms. The van der Waals surface area contributed by atoms with E-state index in [1.807, 2.05) is 6.26 Å². The summed E-state index contributed by atoms with van der Waals surface area (Å²) in [5.74, 6) is -1.66. The molecule has 0 heterocycles. The normalized spacial score (nSPS) is 23.1. The largest absolute Gasteiger partial charge is 0.481 e. The number of carboxylic acids is 1. The van der Waals surface area contributed by atoms with Gasteiger partial charge >= 0.3 is 12.0 Å². The predicted octanol–water partition coefficient (Wildman–Crippen LogP) is 1.60. The van der Waals surface area contributed by atoms with Crippen molar-refractivity contribution in [2.45, 2.75) is 50.3 Å². The molecule has 0 radical (unpaired) electrons. The predicted molar refractivity (Wildman–Crippen MR) is 77.7 cm³/mol. The standard InChI is InChI=1S/C13H22N2O4S/c1-8(7-12(17)18)6-11(16)15-13(19)14-9-4-3-5-10(9)20-2/h8-10H,3-7H2,1-2H3,(H,17,18)(H2,14,15,16,19). The summed E-state index contributed by atoms with van der Waals surface area (Å²) in [6, 6.07) is -0.377. The molecule has 0 spiro atoms. The molecule has 0 aliphatic heterocycles. The molecule has 1 aliphatic carbocycles. The van der Waals surface area contributed by atoms with Crippen molar-refractivity contribution in [3.05, 3.63) is 0 Å². The first-order valence-corrected chi connectivity index (χ1v) is 8.06. The van der Waals surface area contributed by atoms with Crippen molar-refractivity contribution in [1.82, 2.24) is 10.6 Å². The average molecular weight is 302 g/mol. The summed E-state index contributed by atoms with van der Waals surface area (Å²) in [4.78, 5) is 33.8. The van der Waals surface area contributed by atoms with Crippen molar-refractivity contribution >= 4 is 29.7 Å². The lowest BCUT2D eigenvalue weighted by Gasteiger charge is -2.19. The quantitative estimate of drug-likeness (QED) is 0.692. The summed E-state index contributed by atoms with van der Waals surface area (Å²) >= 11 is 1.73. The van der Waals surface area contributed by atoms with Crippen LogP contribution in [0.25, 0.3) is 0 Å². The van der Waals surface area contributed by atoms with Gasteiger partial charge in [-0.25, -0.2) is 4.79 Å². The molecular formula is C13H22N2O4S. The number of hydrogen-bond donors (Lipinski definition) is 3. The number of carboxylic acid groups (broad SMARTS) is 1. The molecule has 3 unspecified atom stereocenters. The highest BCUT2D eigenvalue weighted by Crippen LogP contribution is 2.28. The molecule has 0 bridgehead atoms. The first-order valence-electron chi connectivity index (χ1n) is 6.77. The van der Waals surface area contributed by atoms with Crippen LogP contribution in [0.3, 0.4) is 0 Å². The molecule has 1 rings (SSSR count). The highest BCUT2D eigenvalue weighted by atomic mass is 32.2. The molecule has 3 N–H and O–H groups in total. The van der Waals surface area contributed by atoms with Crippen LogP contribution in [0.5, 0.6) is 0 Å². The third-order valence-electron chi connectivity index (χ3n) is 3.38. The Morgan fingerprint density at radius 2 is 2.00 bits per heavy atom. The molecule has 0 aromatic rings. The highest BCUT2D eigenvalue weighted by molar-refractivity contribution is 7.99. The fraction of sp³-hybridized carbons (Fsp3) is 0.769. The Morgan fingerprint density at radius 1 is 1.30 bits per heavy atom. The van der Waals surface area contributed by atoms with Gasteiger partial charge in [0, 0.05) is 24.1 Å². The molecular weight excluding hydrogens is 280 g/mol. The molecule has 1 saturated carbocycles. The molecule has 6 nitrogen and oxygen atoms in total. The molecule has 1 fully saturated rings. The number of nitrogens with one attached hydrogen (secondary N) is 2. The van der Waals surface area contributed by atoms with Gasteiger partial charge in [-0.3, -0.25) is 14.9 Å². The van der Waals surface area contributed by atoms with Crippen LogP contribution in [0.1, 0.15) is 39.0 Å². The lowest BCUT2D eigenvalue weighted by atomic mass is 10.0. The first-order chi connectivity index (χ1) is 9.42. The van der Waals surface area contributed by atoms with Gasteiger partial charge < -0.3 is 10.4 Å². The van der Waals surface area contributed by atoms with E-state index in [4.69, 9.17) is 5.11 Å². The summed E-state index contributed by atoms with van der Waals surface area (Å²) in [6.07, 6.45) is 5.07. The lowest BCUT2D eigenvalue weighted by Crippen LogP contribution is -2.46. The Bertz CT molecular complexity index is 375. The molecule has 1 aliphatic rings. The van der Waals surface area contributed by atoms with E-state index in [1.165, 1.54) is 0 Å². The van der Waals surface area contributed by atoms with Crippen molar-refractivity contribution in [1.29, 1.82) is 0 Å². The van der Waals surface area contributed by atoms with Gasteiger partial charge in [-0.05, 0) is 25.0 Å². The van der Waals surface area contributed by atoms with Gasteiger partial charge in [0.1, 0.15) is 0 Å². The number of carbonyl (C=O) groups excluding carboxylic acids is 2. The van der Waals surface area contributed by atoms with E-state index in [9.17, 15) is 14.4 Å². The molecule has 114 valence electrons. The third kappa shape index (κ3) is 5.81. The number of rotatable bonds is 6. The zero-order chi connectivity index (χ0) is 15.1. The van der Waals surface area contributed by atoms with Gasteiger partial charge in [0.15, 0.2) is 0 Å². The van der Waals surface area contributed by atoms with Crippen LogP contribution < -0.4 is 10.6 Å². The summed E-state index contributed by atoms with van der Waals surface area (Å²) in [5, 5.41) is 14.1. The molecule has 3 atom stereocenters. The number of urea groups is 1. The van der Waals surface area contributed by atoms with Crippen LogP contribution >= 0.6 is 11.8 Å². The van der Waals surface area contributed by atoms with Crippen molar-refractivity contribution in [3.8, 4) is 0 Å². The van der Waals surface area contributed by atoms with Gasteiger partial charge in [0.05, 0.1) is 0 Å². The fourth-order valence-electron chi connectivity index (χ4n) is 2.44. The van der Waals surface area contributed by atoms with Crippen LogP contribution in [0.4, 0.5) is 4.79 Å². The minimum atomic E-state index is -0.941. The zero-order valence-corrected chi connectivity index (χ0v) is 12.7. The van der Waals surface area contributed by atoms with E-state index in [0.717, 1.165) is 19.3 Å². The van der Waals surface area contributed by atoms with E-state index >= 15 is 0 Å². The van der Waals surface area contributed by atoms with Crippen molar-refractivity contribution in [2.75, 3.05) is 6.26 Å². The monoisotopic (exact) mass is 302 g/mol. The number of aliphatic carboxylic acids is 1. The number of carbonyl (C=O) groups is 3. The highest BCUT2D eigenvalue weighted by Gasteiger charge is 2.28. The second-order valence-corrected chi connectivity index (χ2v) is 6.32. The van der Waals surface area contributed by atoms with Gasteiger partial charge in [-0.1, -0.05) is 13.3 Å². The molecule has 0 aromatic carbocycles. The summed E-state index contributed by atoms with van der Waals surface area (Å²) in [5.41, 5.74) is 0. The maximum atomic E-state index is 11.7. The summed E-state index contributed by atoms with van der Waals surface area (Å²) in [6.45, 7) is 1.67. The smallest absolute Gasteiger partial charge is 0.321 e. The lowest BCUT2D eigenvalue weighted by molar-refractivity contribution is -0.138. The average Bonchev–Trinajstić information content (AvgIpc) is 2.74. The van der Waals surface area contributed by atoms with Gasteiger partial charge in [-0.2, -0.15) is 11.8 Å². The Balaban J connectivity index is 2.31. The van der Waals surface area contributed by atoms with Crippen molar-refractivity contribution < 1.29 is 19.5 Å². The number of amides is 3. The second kappa shape index (κ2) is 8.14. The molecule has 20 heavy (non-hydrogen) atoms. The number of thioether (sulfide) groups is 1. The summed E-state index contributed by atoms with van der Waals surface area (Å²) in [7, 11) is 0. The summed E-state index contributed by atoms with van der Waals surface area (Å²) < 4.78 is 0. The van der Waals surface area contributed by atoms with Gasteiger partial charge in [0.25, 0.3) is 0 Å². The maximum absolute atomic E-state index is 11.7. The zero-order valence-electron chi connectivity index (χ0n) is 11.8. The van der Waals surface area contributed by atoms with E-state index in [1.54, 1.807) is 18.7 Å². The van der Waals surface area contributed by atoms with E-state index < -0.39 is 17.9 Å². The Morgan fingerprint density at radius 3 is 2.60 bits per heavy atom. The van der Waals surface area contributed by atoms with Crippen molar-refractivity contribution in [2.24, 2.45) is 5.92 Å². The fourth-order valence-corrected chi connectivity index (χ4v) is 3.38. The minimum absolute atomic E-state index is 0.0380. The number of imide groups is 1. The Labute approximate surface area is 123 Å². The minimum Gasteiger partial charge on any atom is -0.481 e. The third-order valence-corrected chi connectivity index (χ3v) is 4.55. The molecule has 0 saturated heterocycles. The Hall–Kier alpha value is -1.24. The molecule has 3 amide bonds. The van der Waals surface area contributed by atoms with Crippen LogP contribution in [0, 0.1) is 5.92 Å². The Kier molecular flexibility index (Phi) is 6.84. The van der Waals surface area contributed by atoms with Crippen LogP contribution in [-0.4, -0.2) is 40.6 Å². The van der Waals surface area contributed by atoms with Gasteiger partial charge in [0.2, 0.25) is 5.91 Å². The maximum Gasteiger partial charge on any atom is 0.321 e. The van der Waals surface area contributed by atoms with E-state index in [2.05, 4.69) is 10.6 Å². The van der Waals surface area contributed by atoms with Crippen molar-refractivity contribution in [3.63, 3.8) is 0 Å². The van der Waals surface area contributed by atoms with Crippen LogP contribution in [0.2, 0.25) is 0 Å². The molecule has 0 aromatic heterocycles. The van der Waals surface area contributed by atoms with E-state index in [0.29, 0.717) is 5.25 Å². The van der Waals surface area contributed by atoms with E-state index in [-0.39, 0.29) is 24.8 Å². The number of hydrogen-bond acceptors (Lipinski definition) is 4. The SMILES string of the molecule is CSC1CCCC1NC(=O)NC(=O)CC(C)CC(=O)O. The second-order valence-electron chi connectivity index (χ2n) is 5.24. The van der Waals surface area contributed by atoms with Crippen LogP contribution in [-0.2, 0) is 9.59 Å². The first kappa shape index (κ1) is 16.8.